The van der Waals surface area contributed by atoms with Crippen molar-refractivity contribution in [3.63, 3.8) is 0 Å². The zero-order valence-corrected chi connectivity index (χ0v) is 13.2. The maximum Gasteiger partial charge on any atom is 0.328 e. The summed E-state index contributed by atoms with van der Waals surface area (Å²) in [5.41, 5.74) is 1.33. The third-order valence-corrected chi connectivity index (χ3v) is 2.89. The fraction of sp³-hybridized carbons (Fsp3) is 0.412. The van der Waals surface area contributed by atoms with Gasteiger partial charge in [-0.2, -0.15) is 0 Å². The first-order valence-corrected chi connectivity index (χ1v) is 7.27. The number of esters is 1. The van der Waals surface area contributed by atoms with Crippen molar-refractivity contribution in [2.24, 2.45) is 5.92 Å². The molecule has 5 nitrogen and oxygen atoms in total. The average molecular weight is 302 g/mol. The van der Waals surface area contributed by atoms with Gasteiger partial charge in [0, 0.05) is 11.3 Å². The van der Waals surface area contributed by atoms with E-state index < -0.39 is 18.0 Å². The van der Waals surface area contributed by atoms with E-state index in [1.165, 1.54) is 0 Å². The Hall–Kier alpha value is -2.48. The van der Waals surface area contributed by atoms with Gasteiger partial charge < -0.3 is 15.4 Å². The first-order chi connectivity index (χ1) is 10.5. The molecule has 2 N–H and O–H groups in total. The number of carbonyl (C=O) groups excluding carboxylic acids is 2. The normalized spacial score (nSPS) is 11.4. The maximum absolute atomic E-state index is 12.0. The molecule has 0 saturated heterocycles. The Morgan fingerprint density at radius 1 is 1.27 bits per heavy atom. The van der Waals surface area contributed by atoms with Gasteiger partial charge in [0.2, 0.25) is 0 Å². The highest BCUT2D eigenvalue weighted by Crippen LogP contribution is 2.10. The van der Waals surface area contributed by atoms with Crippen LogP contribution in [0.1, 0.15) is 32.8 Å². The summed E-state index contributed by atoms with van der Waals surface area (Å²) in [5, 5.41) is 5.31. The van der Waals surface area contributed by atoms with E-state index in [4.69, 9.17) is 11.2 Å². The smallest absolute Gasteiger partial charge is 0.328 e. The number of nitrogens with one attached hydrogen (secondary N) is 2. The highest BCUT2D eigenvalue weighted by atomic mass is 16.5. The van der Waals surface area contributed by atoms with Gasteiger partial charge in [-0.25, -0.2) is 9.59 Å². The van der Waals surface area contributed by atoms with E-state index >= 15 is 0 Å². The summed E-state index contributed by atoms with van der Waals surface area (Å²) in [4.78, 5) is 23.9. The van der Waals surface area contributed by atoms with Gasteiger partial charge in [-0.15, -0.1) is 6.42 Å². The van der Waals surface area contributed by atoms with Crippen molar-refractivity contribution >= 4 is 17.7 Å². The molecule has 0 bridgehead atoms. The lowest BCUT2D eigenvalue weighted by atomic mass is 10.0. The third-order valence-electron chi connectivity index (χ3n) is 2.89. The van der Waals surface area contributed by atoms with Crippen molar-refractivity contribution in [3.05, 3.63) is 29.8 Å². The number of ether oxygens (including phenoxy) is 1. The quantitative estimate of drug-likeness (QED) is 0.627. The molecule has 1 aromatic carbocycles. The van der Waals surface area contributed by atoms with Gasteiger partial charge in [0.15, 0.2) is 0 Å². The number of benzene rings is 1. The molecule has 2 amide bonds. The number of hydrogen-bond donors (Lipinski definition) is 2. The summed E-state index contributed by atoms with van der Waals surface area (Å²) >= 11 is 0. The van der Waals surface area contributed by atoms with Crippen molar-refractivity contribution in [3.8, 4) is 12.3 Å². The van der Waals surface area contributed by atoms with E-state index in [2.05, 4.69) is 16.6 Å². The summed E-state index contributed by atoms with van der Waals surface area (Å²) in [6.45, 7) is 5.97. The molecule has 0 heterocycles. The molecule has 0 spiro atoms. The predicted molar refractivity (Wildman–Crippen MR) is 86.4 cm³/mol. The van der Waals surface area contributed by atoms with Crippen molar-refractivity contribution in [1.29, 1.82) is 0 Å². The molecule has 1 rings (SSSR count). The lowest BCUT2D eigenvalue weighted by Crippen LogP contribution is -2.44. The van der Waals surface area contributed by atoms with Crippen LogP contribution in [-0.2, 0) is 9.53 Å². The molecule has 22 heavy (non-hydrogen) atoms. The maximum atomic E-state index is 12.0. The van der Waals surface area contributed by atoms with Crippen LogP contribution in [-0.4, -0.2) is 24.6 Å². The minimum atomic E-state index is -0.662. The monoisotopic (exact) mass is 302 g/mol. The number of anilines is 1. The Labute approximate surface area is 131 Å². The van der Waals surface area contributed by atoms with E-state index in [9.17, 15) is 9.59 Å². The molecule has 0 aromatic heterocycles. The average Bonchev–Trinajstić information content (AvgIpc) is 2.47. The molecule has 5 heteroatoms. The topological polar surface area (TPSA) is 67.4 Å². The summed E-state index contributed by atoms with van der Waals surface area (Å²) in [7, 11) is 0. The van der Waals surface area contributed by atoms with Gasteiger partial charge in [0.05, 0.1) is 6.61 Å². The Bertz CT molecular complexity index is 544. The van der Waals surface area contributed by atoms with Gasteiger partial charge in [0.1, 0.15) is 6.04 Å². The molecule has 1 aromatic rings. The SMILES string of the molecule is C#Cc1ccc(NC(=O)N[C@@H](CC(C)C)C(=O)OCC)cc1. The van der Waals surface area contributed by atoms with Gasteiger partial charge in [0.25, 0.3) is 0 Å². The van der Waals surface area contributed by atoms with Crippen molar-refractivity contribution in [2.75, 3.05) is 11.9 Å². The van der Waals surface area contributed by atoms with Gasteiger partial charge in [-0.05, 0) is 43.5 Å². The Balaban J connectivity index is 2.65. The van der Waals surface area contributed by atoms with Crippen LogP contribution in [0.3, 0.4) is 0 Å². The standard InChI is InChI=1S/C17H22N2O3/c1-5-13-7-9-14(10-8-13)18-17(21)19-15(11-12(3)4)16(20)22-6-2/h1,7-10,12,15H,6,11H2,2-4H3,(H2,18,19,21)/t15-/m0/s1. The Morgan fingerprint density at radius 2 is 1.91 bits per heavy atom. The minimum Gasteiger partial charge on any atom is -0.464 e. The minimum absolute atomic E-state index is 0.254. The predicted octanol–water partition coefficient (Wildman–Crippen LogP) is 2.77. The highest BCUT2D eigenvalue weighted by Gasteiger charge is 2.23. The number of hydrogen-bond acceptors (Lipinski definition) is 3. The molecule has 0 aliphatic heterocycles. The summed E-state index contributed by atoms with van der Waals surface area (Å²) in [5.74, 6) is 2.33. The van der Waals surface area contributed by atoms with Gasteiger partial charge in [-0.1, -0.05) is 19.8 Å². The molecule has 1 atom stereocenters. The number of rotatable bonds is 6. The molecular weight excluding hydrogens is 280 g/mol. The third kappa shape index (κ3) is 5.88. The zero-order valence-electron chi connectivity index (χ0n) is 13.2. The van der Waals surface area contributed by atoms with E-state index in [0.717, 1.165) is 5.56 Å². The molecule has 0 aliphatic carbocycles. The van der Waals surface area contributed by atoms with Crippen LogP contribution in [0.25, 0.3) is 0 Å². The Kier molecular flexibility index (Phi) is 6.97. The summed E-state index contributed by atoms with van der Waals surface area (Å²) in [6.07, 6.45) is 5.79. The van der Waals surface area contributed by atoms with Crippen LogP contribution >= 0.6 is 0 Å². The fourth-order valence-electron chi connectivity index (χ4n) is 1.90. The highest BCUT2D eigenvalue weighted by molar-refractivity contribution is 5.92. The molecule has 0 fully saturated rings. The van der Waals surface area contributed by atoms with Crippen molar-refractivity contribution < 1.29 is 14.3 Å². The van der Waals surface area contributed by atoms with Crippen molar-refractivity contribution in [2.45, 2.75) is 33.2 Å². The zero-order chi connectivity index (χ0) is 16.5. The molecular formula is C17H22N2O3. The second kappa shape index (κ2) is 8.73. The van der Waals surface area contributed by atoms with E-state index in [1.807, 2.05) is 13.8 Å². The Morgan fingerprint density at radius 3 is 2.41 bits per heavy atom. The van der Waals surface area contributed by atoms with Crippen LogP contribution in [0.2, 0.25) is 0 Å². The first-order valence-electron chi connectivity index (χ1n) is 7.27. The number of amides is 2. The summed E-state index contributed by atoms with van der Waals surface area (Å²) in [6, 6.07) is 5.75. The number of carbonyl (C=O) groups is 2. The second-order valence-corrected chi connectivity index (χ2v) is 5.25. The molecule has 0 radical (unpaired) electrons. The first kappa shape index (κ1) is 17.6. The lowest BCUT2D eigenvalue weighted by molar-refractivity contribution is -0.145. The number of terminal acetylenes is 1. The van der Waals surface area contributed by atoms with Crippen LogP contribution in [0.15, 0.2) is 24.3 Å². The fourth-order valence-corrected chi connectivity index (χ4v) is 1.90. The van der Waals surface area contributed by atoms with E-state index in [-0.39, 0.29) is 12.5 Å². The summed E-state index contributed by atoms with van der Waals surface area (Å²) < 4.78 is 4.98. The van der Waals surface area contributed by atoms with Crippen LogP contribution in [0.4, 0.5) is 10.5 Å². The largest absolute Gasteiger partial charge is 0.464 e. The van der Waals surface area contributed by atoms with Crippen LogP contribution < -0.4 is 10.6 Å². The van der Waals surface area contributed by atoms with Gasteiger partial charge >= 0.3 is 12.0 Å². The molecule has 0 aliphatic rings. The van der Waals surface area contributed by atoms with Gasteiger partial charge in [-0.3, -0.25) is 0 Å². The van der Waals surface area contributed by atoms with Crippen LogP contribution in [0.5, 0.6) is 0 Å². The van der Waals surface area contributed by atoms with Crippen LogP contribution in [0, 0.1) is 18.3 Å². The van der Waals surface area contributed by atoms with Crippen molar-refractivity contribution in [1.82, 2.24) is 5.32 Å². The molecule has 0 unspecified atom stereocenters. The molecule has 0 saturated carbocycles. The molecule has 118 valence electrons. The lowest BCUT2D eigenvalue weighted by Gasteiger charge is -2.19. The van der Waals surface area contributed by atoms with E-state index in [1.54, 1.807) is 31.2 Å². The number of urea groups is 1. The second-order valence-electron chi connectivity index (χ2n) is 5.25. The van der Waals surface area contributed by atoms with E-state index in [0.29, 0.717) is 12.1 Å².